The highest BCUT2D eigenvalue weighted by Crippen LogP contribution is 2.26. The van der Waals surface area contributed by atoms with E-state index in [2.05, 4.69) is 20.5 Å². The molecule has 2 aromatic rings. The average Bonchev–Trinajstić information content (AvgIpc) is 3.10. The van der Waals surface area contributed by atoms with Crippen molar-refractivity contribution in [2.24, 2.45) is 0 Å². The third-order valence-corrected chi connectivity index (χ3v) is 4.62. The van der Waals surface area contributed by atoms with Crippen molar-refractivity contribution in [3.8, 4) is 0 Å². The SMILES string of the molecule is Clc1cnc(CSc2nnnn2C[C@@H]2CCCO2)c(Cl)c1. The minimum absolute atomic E-state index is 0.199. The van der Waals surface area contributed by atoms with Crippen LogP contribution in [0, 0.1) is 0 Å². The van der Waals surface area contributed by atoms with Crippen molar-refractivity contribution in [2.75, 3.05) is 6.61 Å². The number of aromatic nitrogens is 5. The van der Waals surface area contributed by atoms with Gasteiger partial charge in [0.25, 0.3) is 0 Å². The summed E-state index contributed by atoms with van der Waals surface area (Å²) in [4.78, 5) is 4.22. The molecule has 0 spiro atoms. The van der Waals surface area contributed by atoms with Crippen LogP contribution in [0.15, 0.2) is 17.4 Å². The maximum atomic E-state index is 6.11. The zero-order valence-electron chi connectivity index (χ0n) is 11.1. The van der Waals surface area contributed by atoms with E-state index in [0.717, 1.165) is 30.3 Å². The third kappa shape index (κ3) is 3.85. The van der Waals surface area contributed by atoms with Gasteiger partial charge in [0.2, 0.25) is 5.16 Å². The van der Waals surface area contributed by atoms with Crippen molar-refractivity contribution in [3.05, 3.63) is 28.0 Å². The highest BCUT2D eigenvalue weighted by Gasteiger charge is 2.19. The first-order valence-corrected chi connectivity index (χ1v) is 8.27. The van der Waals surface area contributed by atoms with Crippen LogP contribution in [0.2, 0.25) is 10.0 Å². The Kier molecular flexibility index (Phi) is 4.95. The number of ether oxygens (including phenoxy) is 1. The van der Waals surface area contributed by atoms with E-state index in [0.29, 0.717) is 22.3 Å². The zero-order chi connectivity index (χ0) is 14.7. The Labute approximate surface area is 136 Å². The predicted octanol–water partition coefficient (Wildman–Crippen LogP) is 2.85. The van der Waals surface area contributed by atoms with Crippen LogP contribution in [0.5, 0.6) is 0 Å². The monoisotopic (exact) mass is 345 g/mol. The van der Waals surface area contributed by atoms with Crippen LogP contribution in [-0.2, 0) is 17.0 Å². The van der Waals surface area contributed by atoms with E-state index >= 15 is 0 Å². The maximum absolute atomic E-state index is 6.11. The molecular weight excluding hydrogens is 333 g/mol. The summed E-state index contributed by atoms with van der Waals surface area (Å²) in [6, 6.07) is 1.68. The number of hydrogen-bond acceptors (Lipinski definition) is 6. The minimum Gasteiger partial charge on any atom is -0.376 e. The third-order valence-electron chi connectivity index (χ3n) is 3.12. The lowest BCUT2D eigenvalue weighted by atomic mass is 10.2. The Morgan fingerprint density at radius 2 is 2.33 bits per heavy atom. The second-order valence-corrected chi connectivity index (χ2v) is 6.44. The molecule has 21 heavy (non-hydrogen) atoms. The number of hydrogen-bond donors (Lipinski definition) is 0. The Morgan fingerprint density at radius 1 is 1.43 bits per heavy atom. The molecule has 112 valence electrons. The first-order chi connectivity index (χ1) is 10.2. The van der Waals surface area contributed by atoms with Crippen LogP contribution in [-0.4, -0.2) is 37.9 Å². The fourth-order valence-corrected chi connectivity index (χ4v) is 3.45. The molecule has 1 aliphatic rings. The van der Waals surface area contributed by atoms with E-state index in [-0.39, 0.29) is 6.10 Å². The molecule has 0 saturated carbocycles. The summed E-state index contributed by atoms with van der Waals surface area (Å²) >= 11 is 13.4. The van der Waals surface area contributed by atoms with E-state index in [1.807, 2.05) is 0 Å². The number of thioether (sulfide) groups is 1. The van der Waals surface area contributed by atoms with Gasteiger partial charge >= 0.3 is 0 Å². The lowest BCUT2D eigenvalue weighted by Crippen LogP contribution is -2.16. The molecule has 1 fully saturated rings. The van der Waals surface area contributed by atoms with Gasteiger partial charge in [-0.1, -0.05) is 35.0 Å². The zero-order valence-corrected chi connectivity index (χ0v) is 13.4. The fourth-order valence-electron chi connectivity index (χ4n) is 2.08. The molecule has 0 radical (unpaired) electrons. The Balaban J connectivity index is 1.63. The molecule has 0 bridgehead atoms. The first-order valence-electron chi connectivity index (χ1n) is 6.53. The molecule has 3 heterocycles. The van der Waals surface area contributed by atoms with Crippen LogP contribution in [0.25, 0.3) is 0 Å². The van der Waals surface area contributed by atoms with Gasteiger partial charge in [0, 0.05) is 18.6 Å². The van der Waals surface area contributed by atoms with Crippen LogP contribution < -0.4 is 0 Å². The van der Waals surface area contributed by atoms with Crippen LogP contribution in [0.3, 0.4) is 0 Å². The van der Waals surface area contributed by atoms with Crippen LogP contribution in [0.1, 0.15) is 18.5 Å². The van der Waals surface area contributed by atoms with Crippen LogP contribution >= 0.6 is 35.0 Å². The molecule has 0 aromatic carbocycles. The molecule has 0 amide bonds. The van der Waals surface area contributed by atoms with E-state index in [4.69, 9.17) is 27.9 Å². The van der Waals surface area contributed by atoms with Gasteiger partial charge in [-0.3, -0.25) is 4.98 Å². The van der Waals surface area contributed by atoms with Crippen molar-refractivity contribution in [1.29, 1.82) is 0 Å². The molecule has 1 atom stereocenters. The summed E-state index contributed by atoms with van der Waals surface area (Å²) in [5.74, 6) is 0.585. The Bertz CT molecular complexity index is 617. The van der Waals surface area contributed by atoms with E-state index in [9.17, 15) is 0 Å². The van der Waals surface area contributed by atoms with Crippen molar-refractivity contribution < 1.29 is 4.74 Å². The van der Waals surface area contributed by atoms with Gasteiger partial charge in [-0.2, -0.15) is 0 Å². The number of nitrogens with zero attached hydrogens (tertiary/aromatic N) is 5. The molecule has 2 aromatic heterocycles. The summed E-state index contributed by atoms with van der Waals surface area (Å²) < 4.78 is 7.37. The summed E-state index contributed by atoms with van der Waals surface area (Å²) in [7, 11) is 0. The predicted molar refractivity (Wildman–Crippen MR) is 80.6 cm³/mol. The Morgan fingerprint density at radius 3 is 3.10 bits per heavy atom. The van der Waals surface area contributed by atoms with Gasteiger partial charge < -0.3 is 4.74 Å². The van der Waals surface area contributed by atoms with Crippen molar-refractivity contribution in [3.63, 3.8) is 0 Å². The lowest BCUT2D eigenvalue weighted by Gasteiger charge is -2.10. The number of pyridine rings is 1. The molecule has 9 heteroatoms. The first kappa shape index (κ1) is 15.0. The summed E-state index contributed by atoms with van der Waals surface area (Å²) in [5.41, 5.74) is 0.762. The topological polar surface area (TPSA) is 65.7 Å². The Hall–Kier alpha value is -0.890. The molecule has 1 saturated heterocycles. The molecule has 1 aliphatic heterocycles. The fraction of sp³-hybridized carbons (Fsp3) is 0.500. The van der Waals surface area contributed by atoms with E-state index < -0.39 is 0 Å². The summed E-state index contributed by atoms with van der Waals surface area (Å²) in [5, 5.41) is 13.6. The van der Waals surface area contributed by atoms with Crippen molar-refractivity contribution in [1.82, 2.24) is 25.2 Å². The van der Waals surface area contributed by atoms with Gasteiger partial charge in [-0.05, 0) is 29.3 Å². The van der Waals surface area contributed by atoms with Crippen molar-refractivity contribution in [2.45, 2.75) is 36.4 Å². The van der Waals surface area contributed by atoms with Gasteiger partial charge in [-0.25, -0.2) is 4.68 Å². The average molecular weight is 346 g/mol. The highest BCUT2D eigenvalue weighted by molar-refractivity contribution is 7.98. The number of tetrazole rings is 1. The minimum atomic E-state index is 0.199. The standard InChI is InChI=1S/C12H13Cl2N5OS/c13-8-4-10(14)11(15-5-8)7-21-12-16-17-18-19(12)6-9-2-1-3-20-9/h4-5,9H,1-3,6-7H2/t9-/m0/s1. The molecule has 3 rings (SSSR count). The smallest absolute Gasteiger partial charge is 0.209 e. The number of halogens is 2. The largest absolute Gasteiger partial charge is 0.376 e. The normalized spacial score (nSPS) is 18.3. The van der Waals surface area contributed by atoms with Crippen LogP contribution in [0.4, 0.5) is 0 Å². The molecular formula is C12H13Cl2N5OS. The molecule has 0 aliphatic carbocycles. The van der Waals surface area contributed by atoms with Gasteiger partial charge in [-0.15, -0.1) is 5.10 Å². The quantitative estimate of drug-likeness (QED) is 0.776. The summed E-state index contributed by atoms with van der Waals surface area (Å²) in [6.07, 6.45) is 3.93. The molecule has 0 unspecified atom stereocenters. The summed E-state index contributed by atoms with van der Waals surface area (Å²) in [6.45, 7) is 1.50. The molecule has 0 N–H and O–H groups in total. The highest BCUT2D eigenvalue weighted by atomic mass is 35.5. The van der Waals surface area contributed by atoms with Gasteiger partial charge in [0.1, 0.15) is 0 Å². The van der Waals surface area contributed by atoms with E-state index in [1.54, 1.807) is 16.9 Å². The second kappa shape index (κ2) is 6.91. The van der Waals surface area contributed by atoms with Crippen molar-refractivity contribution >= 4 is 35.0 Å². The molecule has 6 nitrogen and oxygen atoms in total. The number of rotatable bonds is 5. The maximum Gasteiger partial charge on any atom is 0.209 e. The van der Waals surface area contributed by atoms with Gasteiger partial charge in [0.15, 0.2) is 0 Å². The second-order valence-electron chi connectivity index (χ2n) is 4.65. The van der Waals surface area contributed by atoms with E-state index in [1.165, 1.54) is 11.8 Å². The van der Waals surface area contributed by atoms with Gasteiger partial charge in [0.05, 0.1) is 28.4 Å². The lowest BCUT2D eigenvalue weighted by molar-refractivity contribution is 0.0912.